The molecule has 5 nitrogen and oxygen atoms in total. The van der Waals surface area contributed by atoms with Crippen molar-refractivity contribution in [2.75, 3.05) is 14.1 Å². The van der Waals surface area contributed by atoms with Crippen LogP contribution >= 0.6 is 0 Å². The monoisotopic (exact) mass is 174 g/mol. The predicted molar refractivity (Wildman–Crippen MR) is 43.5 cm³/mol. The van der Waals surface area contributed by atoms with Crippen molar-refractivity contribution in [3.63, 3.8) is 0 Å². The zero-order valence-electron chi connectivity index (χ0n) is 7.28. The molecule has 0 aliphatic heterocycles. The van der Waals surface area contributed by atoms with Gasteiger partial charge in [0.15, 0.2) is 0 Å². The van der Waals surface area contributed by atoms with Gasteiger partial charge in [0.2, 0.25) is 5.91 Å². The molecule has 3 N–H and O–H groups in total. The van der Waals surface area contributed by atoms with Crippen molar-refractivity contribution in [1.29, 1.82) is 0 Å². The first-order valence-electron chi connectivity index (χ1n) is 3.62. The van der Waals surface area contributed by atoms with Crippen molar-refractivity contribution in [3.8, 4) is 0 Å². The SMILES string of the molecule is CN(C)C(CCC(N)=O)C(=O)O. The summed E-state index contributed by atoms with van der Waals surface area (Å²) in [5.41, 5.74) is 4.89. The largest absolute Gasteiger partial charge is 0.480 e. The average Bonchev–Trinajstić information content (AvgIpc) is 1.84. The predicted octanol–water partition coefficient (Wildman–Crippen LogP) is -0.733. The number of rotatable bonds is 5. The maximum atomic E-state index is 10.6. The molecule has 0 spiro atoms. The van der Waals surface area contributed by atoms with Gasteiger partial charge in [-0.05, 0) is 20.5 Å². The molecular weight excluding hydrogens is 160 g/mol. The molecule has 0 aromatic rings. The molecular formula is C7H14N2O3. The van der Waals surface area contributed by atoms with Gasteiger partial charge in [0.1, 0.15) is 6.04 Å². The topological polar surface area (TPSA) is 83.6 Å². The van der Waals surface area contributed by atoms with Gasteiger partial charge < -0.3 is 10.8 Å². The van der Waals surface area contributed by atoms with Crippen molar-refractivity contribution in [2.24, 2.45) is 5.73 Å². The fraction of sp³-hybridized carbons (Fsp3) is 0.714. The molecule has 0 saturated carbocycles. The fourth-order valence-electron chi connectivity index (χ4n) is 0.882. The molecule has 0 rings (SSSR count). The van der Waals surface area contributed by atoms with Gasteiger partial charge in [-0.15, -0.1) is 0 Å². The summed E-state index contributed by atoms with van der Waals surface area (Å²) in [5, 5.41) is 8.66. The van der Waals surface area contributed by atoms with E-state index in [2.05, 4.69) is 0 Å². The molecule has 0 bridgehead atoms. The van der Waals surface area contributed by atoms with E-state index in [0.29, 0.717) is 0 Å². The van der Waals surface area contributed by atoms with Gasteiger partial charge in [-0.3, -0.25) is 14.5 Å². The Balaban J connectivity index is 3.97. The number of carbonyl (C=O) groups is 2. The molecule has 0 saturated heterocycles. The first-order chi connectivity index (χ1) is 5.45. The Hall–Kier alpha value is -1.10. The Bertz CT molecular complexity index is 179. The number of likely N-dealkylation sites (N-methyl/N-ethyl adjacent to an activating group) is 1. The van der Waals surface area contributed by atoms with Crippen LogP contribution in [0.1, 0.15) is 12.8 Å². The van der Waals surface area contributed by atoms with Crippen LogP contribution in [0.2, 0.25) is 0 Å². The van der Waals surface area contributed by atoms with E-state index in [1.807, 2.05) is 0 Å². The van der Waals surface area contributed by atoms with Crippen LogP contribution in [0.25, 0.3) is 0 Å². The van der Waals surface area contributed by atoms with Crippen molar-refractivity contribution in [2.45, 2.75) is 18.9 Å². The molecule has 1 unspecified atom stereocenters. The van der Waals surface area contributed by atoms with E-state index in [9.17, 15) is 9.59 Å². The number of primary amides is 1. The number of aliphatic carboxylic acids is 1. The van der Waals surface area contributed by atoms with Crippen LogP contribution in [0, 0.1) is 0 Å². The van der Waals surface area contributed by atoms with Gasteiger partial charge in [-0.2, -0.15) is 0 Å². The standard InChI is InChI=1S/C7H14N2O3/c1-9(2)5(7(11)12)3-4-6(8)10/h5H,3-4H2,1-2H3,(H2,8,10)(H,11,12). The Labute approximate surface area is 71.1 Å². The summed E-state index contributed by atoms with van der Waals surface area (Å²) in [6.45, 7) is 0. The highest BCUT2D eigenvalue weighted by Gasteiger charge is 2.19. The molecule has 12 heavy (non-hydrogen) atoms. The fourth-order valence-corrected chi connectivity index (χ4v) is 0.882. The number of amides is 1. The first-order valence-corrected chi connectivity index (χ1v) is 3.62. The van der Waals surface area contributed by atoms with Crippen LogP contribution in [0.5, 0.6) is 0 Å². The number of hydrogen-bond donors (Lipinski definition) is 2. The lowest BCUT2D eigenvalue weighted by atomic mass is 10.1. The van der Waals surface area contributed by atoms with E-state index in [1.165, 1.54) is 0 Å². The van der Waals surface area contributed by atoms with Crippen LogP contribution in [-0.4, -0.2) is 42.0 Å². The lowest BCUT2D eigenvalue weighted by molar-refractivity contribution is -0.142. The van der Waals surface area contributed by atoms with E-state index < -0.39 is 17.9 Å². The normalized spacial score (nSPS) is 12.9. The van der Waals surface area contributed by atoms with Gasteiger partial charge >= 0.3 is 5.97 Å². The third-order valence-corrected chi connectivity index (χ3v) is 1.57. The van der Waals surface area contributed by atoms with Crippen molar-refractivity contribution in [3.05, 3.63) is 0 Å². The van der Waals surface area contributed by atoms with Crippen molar-refractivity contribution in [1.82, 2.24) is 4.90 Å². The maximum absolute atomic E-state index is 10.6. The number of carboxylic acid groups (broad SMARTS) is 1. The highest BCUT2D eigenvalue weighted by molar-refractivity contribution is 5.77. The van der Waals surface area contributed by atoms with Crippen LogP contribution in [0.4, 0.5) is 0 Å². The number of carboxylic acids is 1. The lowest BCUT2D eigenvalue weighted by Gasteiger charge is -2.18. The molecule has 0 aliphatic carbocycles. The van der Waals surface area contributed by atoms with Gasteiger partial charge in [-0.1, -0.05) is 0 Å². The van der Waals surface area contributed by atoms with E-state index >= 15 is 0 Å². The molecule has 1 atom stereocenters. The average molecular weight is 174 g/mol. The van der Waals surface area contributed by atoms with Crippen molar-refractivity contribution < 1.29 is 14.7 Å². The van der Waals surface area contributed by atoms with Crippen LogP contribution in [0.15, 0.2) is 0 Å². The number of carbonyl (C=O) groups excluding carboxylic acids is 1. The minimum Gasteiger partial charge on any atom is -0.480 e. The molecule has 0 heterocycles. The number of nitrogens with zero attached hydrogens (tertiary/aromatic N) is 1. The van der Waals surface area contributed by atoms with E-state index in [1.54, 1.807) is 19.0 Å². The first kappa shape index (κ1) is 10.9. The molecule has 5 heteroatoms. The number of nitrogens with two attached hydrogens (primary N) is 1. The summed E-state index contributed by atoms with van der Waals surface area (Å²) in [4.78, 5) is 22.5. The molecule has 0 radical (unpaired) electrons. The van der Waals surface area contributed by atoms with Gasteiger partial charge in [0.05, 0.1) is 0 Å². The second-order valence-corrected chi connectivity index (χ2v) is 2.82. The summed E-state index contributed by atoms with van der Waals surface area (Å²) >= 11 is 0. The van der Waals surface area contributed by atoms with Gasteiger partial charge in [0, 0.05) is 6.42 Å². The lowest BCUT2D eigenvalue weighted by Crippen LogP contribution is -2.36. The van der Waals surface area contributed by atoms with E-state index in [4.69, 9.17) is 10.8 Å². The minimum absolute atomic E-state index is 0.106. The highest BCUT2D eigenvalue weighted by atomic mass is 16.4. The maximum Gasteiger partial charge on any atom is 0.320 e. The second-order valence-electron chi connectivity index (χ2n) is 2.82. The highest BCUT2D eigenvalue weighted by Crippen LogP contribution is 2.02. The van der Waals surface area contributed by atoms with Crippen molar-refractivity contribution >= 4 is 11.9 Å². The zero-order chi connectivity index (χ0) is 9.72. The van der Waals surface area contributed by atoms with Crippen LogP contribution in [0.3, 0.4) is 0 Å². The van der Waals surface area contributed by atoms with E-state index in [0.717, 1.165) is 0 Å². The Kier molecular flexibility index (Phi) is 4.28. The summed E-state index contributed by atoms with van der Waals surface area (Å²) < 4.78 is 0. The summed E-state index contributed by atoms with van der Waals surface area (Å²) in [5.74, 6) is -1.40. The second kappa shape index (κ2) is 4.71. The molecule has 0 aromatic carbocycles. The number of hydrogen-bond acceptors (Lipinski definition) is 3. The van der Waals surface area contributed by atoms with Crippen LogP contribution < -0.4 is 5.73 Å². The van der Waals surface area contributed by atoms with Gasteiger partial charge in [0.25, 0.3) is 0 Å². The zero-order valence-corrected chi connectivity index (χ0v) is 7.28. The summed E-state index contributed by atoms with van der Waals surface area (Å²) in [7, 11) is 3.31. The molecule has 0 aromatic heterocycles. The minimum atomic E-state index is -0.929. The molecule has 0 fully saturated rings. The summed E-state index contributed by atoms with van der Waals surface area (Å²) in [6.07, 6.45) is 0.368. The molecule has 70 valence electrons. The van der Waals surface area contributed by atoms with E-state index in [-0.39, 0.29) is 12.8 Å². The Morgan fingerprint density at radius 1 is 1.50 bits per heavy atom. The summed E-state index contributed by atoms with van der Waals surface area (Å²) in [6, 6.07) is -0.627. The third-order valence-electron chi connectivity index (χ3n) is 1.57. The molecule has 1 amide bonds. The Morgan fingerprint density at radius 3 is 2.25 bits per heavy atom. The van der Waals surface area contributed by atoms with Crippen LogP contribution in [-0.2, 0) is 9.59 Å². The Morgan fingerprint density at radius 2 is 2.00 bits per heavy atom. The quantitative estimate of drug-likeness (QED) is 0.575. The smallest absolute Gasteiger partial charge is 0.320 e. The molecule has 0 aliphatic rings. The van der Waals surface area contributed by atoms with Gasteiger partial charge in [-0.25, -0.2) is 0 Å². The third kappa shape index (κ3) is 3.92.